The second-order valence-electron chi connectivity index (χ2n) is 3.33. The second-order valence-corrected chi connectivity index (χ2v) is 3.33. The van der Waals surface area contributed by atoms with Crippen LogP contribution in [-0.4, -0.2) is 38.1 Å². The van der Waals surface area contributed by atoms with Gasteiger partial charge < -0.3 is 14.2 Å². The van der Waals surface area contributed by atoms with Crippen molar-refractivity contribution in [1.29, 1.82) is 0 Å². The summed E-state index contributed by atoms with van der Waals surface area (Å²) in [5.41, 5.74) is 0. The first-order valence-corrected chi connectivity index (χ1v) is 5.05. The Labute approximate surface area is 103 Å². The summed E-state index contributed by atoms with van der Waals surface area (Å²) < 4.78 is 15.2. The number of methoxy groups -OCH3 is 2. The molecule has 0 fully saturated rings. The molecule has 1 aromatic carbocycles. The summed E-state index contributed by atoms with van der Waals surface area (Å²) in [7, 11) is 2.97. The van der Waals surface area contributed by atoms with Crippen molar-refractivity contribution >= 4 is 5.78 Å². The third-order valence-electron chi connectivity index (χ3n) is 2.06. The Morgan fingerprint density at radius 3 is 2.50 bits per heavy atom. The Bertz CT molecular complexity index is 445. The summed E-state index contributed by atoms with van der Waals surface area (Å²) >= 11 is 0. The van der Waals surface area contributed by atoms with Crippen LogP contribution in [0, 0.1) is 10.1 Å². The van der Waals surface area contributed by atoms with Gasteiger partial charge in [0.1, 0.15) is 5.75 Å². The zero-order valence-corrected chi connectivity index (χ0v) is 10.0. The van der Waals surface area contributed by atoms with Crippen LogP contribution in [0.3, 0.4) is 0 Å². The molecule has 0 saturated carbocycles. The summed E-state index contributed by atoms with van der Waals surface area (Å²) in [5.74, 6) is 0.761. The summed E-state index contributed by atoms with van der Waals surface area (Å²) in [6.45, 7) is -1.09. The van der Waals surface area contributed by atoms with Gasteiger partial charge in [-0.05, 0) is 12.1 Å². The molecule has 98 valence electrons. The Hall–Kier alpha value is -2.31. The van der Waals surface area contributed by atoms with E-state index in [9.17, 15) is 14.9 Å². The third kappa shape index (κ3) is 3.93. The number of carbonyl (C=O) groups is 1. The number of benzene rings is 1. The highest BCUT2D eigenvalue weighted by Crippen LogP contribution is 2.30. The lowest BCUT2D eigenvalue weighted by atomic mass is 10.3. The van der Waals surface area contributed by atoms with Crippen LogP contribution in [0.5, 0.6) is 17.2 Å². The lowest BCUT2D eigenvalue weighted by Crippen LogP contribution is -2.20. The number of nitro groups is 1. The van der Waals surface area contributed by atoms with E-state index in [4.69, 9.17) is 14.2 Å². The summed E-state index contributed by atoms with van der Waals surface area (Å²) in [5, 5.41) is 10.1. The van der Waals surface area contributed by atoms with Gasteiger partial charge in [0.15, 0.2) is 18.1 Å². The average Bonchev–Trinajstić information content (AvgIpc) is 2.35. The molecule has 0 N–H and O–H groups in total. The Morgan fingerprint density at radius 2 is 1.94 bits per heavy atom. The first-order chi connectivity index (χ1) is 8.56. The Kier molecular flexibility index (Phi) is 4.91. The number of ether oxygens (including phenoxy) is 3. The maximum atomic E-state index is 11.1. The van der Waals surface area contributed by atoms with E-state index >= 15 is 0 Å². The van der Waals surface area contributed by atoms with E-state index in [1.54, 1.807) is 12.1 Å². The molecule has 0 atom stereocenters. The Morgan fingerprint density at radius 1 is 1.28 bits per heavy atom. The lowest BCUT2D eigenvalue weighted by molar-refractivity contribution is -0.467. The standard InChI is InChI=1S/C11H13NO6/c1-16-10-4-3-9(5-11(10)17-2)18-7-8(13)6-12(14)15/h3-5H,6-7H2,1-2H3. The molecule has 0 spiro atoms. The molecule has 0 heterocycles. The maximum absolute atomic E-state index is 11.1. The van der Waals surface area contributed by atoms with Gasteiger partial charge in [0, 0.05) is 11.0 Å². The van der Waals surface area contributed by atoms with Crippen LogP contribution < -0.4 is 14.2 Å². The van der Waals surface area contributed by atoms with Gasteiger partial charge in [0.25, 0.3) is 6.54 Å². The van der Waals surface area contributed by atoms with Gasteiger partial charge in [-0.3, -0.25) is 14.9 Å². The molecule has 0 aliphatic carbocycles. The molecule has 0 radical (unpaired) electrons. The molecule has 0 saturated heterocycles. The molecule has 0 unspecified atom stereocenters. The predicted octanol–water partition coefficient (Wildman–Crippen LogP) is 0.928. The van der Waals surface area contributed by atoms with Crippen LogP contribution in [-0.2, 0) is 4.79 Å². The fourth-order valence-corrected chi connectivity index (χ4v) is 1.26. The first-order valence-electron chi connectivity index (χ1n) is 5.05. The van der Waals surface area contributed by atoms with Gasteiger partial charge in [0.05, 0.1) is 14.2 Å². The third-order valence-corrected chi connectivity index (χ3v) is 2.06. The molecule has 18 heavy (non-hydrogen) atoms. The minimum Gasteiger partial charge on any atom is -0.493 e. The number of carbonyl (C=O) groups excluding carboxylic acids is 1. The smallest absolute Gasteiger partial charge is 0.264 e. The van der Waals surface area contributed by atoms with E-state index in [1.807, 2.05) is 0 Å². The van der Waals surface area contributed by atoms with Crippen molar-refractivity contribution in [3.05, 3.63) is 28.3 Å². The first kappa shape index (κ1) is 13.8. The molecular formula is C11H13NO6. The zero-order valence-electron chi connectivity index (χ0n) is 10.0. The maximum Gasteiger partial charge on any atom is 0.264 e. The van der Waals surface area contributed by atoms with Crippen LogP contribution in [0.25, 0.3) is 0 Å². The highest BCUT2D eigenvalue weighted by atomic mass is 16.6. The second kappa shape index (κ2) is 6.43. The van der Waals surface area contributed by atoms with E-state index in [0.29, 0.717) is 17.2 Å². The van der Waals surface area contributed by atoms with Crippen molar-refractivity contribution in [2.45, 2.75) is 0 Å². The van der Waals surface area contributed by atoms with Crippen LogP contribution in [0.1, 0.15) is 0 Å². The Balaban J connectivity index is 2.63. The largest absolute Gasteiger partial charge is 0.493 e. The average molecular weight is 255 g/mol. The molecule has 0 aliphatic heterocycles. The molecule has 1 rings (SSSR count). The van der Waals surface area contributed by atoms with Gasteiger partial charge in [0.2, 0.25) is 5.78 Å². The normalized spacial score (nSPS) is 9.67. The number of nitrogens with zero attached hydrogens (tertiary/aromatic N) is 1. The van der Waals surface area contributed by atoms with Crippen LogP contribution in [0.2, 0.25) is 0 Å². The fourth-order valence-electron chi connectivity index (χ4n) is 1.26. The molecule has 7 nitrogen and oxygen atoms in total. The van der Waals surface area contributed by atoms with E-state index in [-0.39, 0.29) is 6.61 Å². The minimum absolute atomic E-state index is 0.351. The molecule has 0 aliphatic rings. The van der Waals surface area contributed by atoms with Crippen molar-refractivity contribution in [3.63, 3.8) is 0 Å². The van der Waals surface area contributed by atoms with Gasteiger partial charge >= 0.3 is 0 Å². The van der Waals surface area contributed by atoms with Crippen LogP contribution in [0.15, 0.2) is 18.2 Å². The predicted molar refractivity (Wildman–Crippen MR) is 61.9 cm³/mol. The number of hydrogen-bond acceptors (Lipinski definition) is 6. The molecule has 0 amide bonds. The number of rotatable bonds is 7. The topological polar surface area (TPSA) is 87.9 Å². The minimum atomic E-state index is -0.743. The molecule has 7 heteroatoms. The van der Waals surface area contributed by atoms with Crippen molar-refractivity contribution < 1.29 is 23.9 Å². The van der Waals surface area contributed by atoms with Gasteiger partial charge in [-0.25, -0.2) is 0 Å². The molecule has 0 bridgehead atoms. The SMILES string of the molecule is COc1ccc(OCC(=O)C[N+](=O)[O-])cc1OC. The van der Waals surface area contributed by atoms with E-state index in [2.05, 4.69) is 0 Å². The summed E-state index contributed by atoms with van der Waals surface area (Å²) in [6, 6.07) is 4.74. The monoisotopic (exact) mass is 255 g/mol. The van der Waals surface area contributed by atoms with Crippen LogP contribution >= 0.6 is 0 Å². The zero-order chi connectivity index (χ0) is 13.5. The van der Waals surface area contributed by atoms with E-state index in [1.165, 1.54) is 20.3 Å². The van der Waals surface area contributed by atoms with Gasteiger partial charge in [-0.15, -0.1) is 0 Å². The van der Waals surface area contributed by atoms with Crippen molar-refractivity contribution in [3.8, 4) is 17.2 Å². The number of Topliss-reactive ketones (excluding diaryl/α,β-unsaturated/α-hetero) is 1. The summed E-state index contributed by atoms with van der Waals surface area (Å²) in [6.07, 6.45) is 0. The van der Waals surface area contributed by atoms with Gasteiger partial charge in [-0.2, -0.15) is 0 Å². The number of hydrogen-bond donors (Lipinski definition) is 0. The molecule has 0 aromatic heterocycles. The van der Waals surface area contributed by atoms with Crippen molar-refractivity contribution in [1.82, 2.24) is 0 Å². The molecular weight excluding hydrogens is 242 g/mol. The van der Waals surface area contributed by atoms with Crippen LogP contribution in [0.4, 0.5) is 0 Å². The fraction of sp³-hybridized carbons (Fsp3) is 0.364. The van der Waals surface area contributed by atoms with Crippen molar-refractivity contribution in [2.75, 3.05) is 27.4 Å². The summed E-state index contributed by atoms with van der Waals surface area (Å²) in [4.78, 5) is 20.5. The van der Waals surface area contributed by atoms with Gasteiger partial charge in [-0.1, -0.05) is 0 Å². The van der Waals surface area contributed by atoms with E-state index < -0.39 is 17.3 Å². The van der Waals surface area contributed by atoms with Crippen molar-refractivity contribution in [2.24, 2.45) is 0 Å². The number of ketones is 1. The van der Waals surface area contributed by atoms with E-state index in [0.717, 1.165) is 0 Å². The molecule has 1 aromatic rings. The highest BCUT2D eigenvalue weighted by Gasteiger charge is 2.11. The highest BCUT2D eigenvalue weighted by molar-refractivity contribution is 5.80. The quantitative estimate of drug-likeness (QED) is 0.532. The lowest BCUT2D eigenvalue weighted by Gasteiger charge is -2.09.